The molecule has 2 aromatic carbocycles. The first-order valence-corrected chi connectivity index (χ1v) is 8.31. The second-order valence-electron chi connectivity index (χ2n) is 4.70. The van der Waals surface area contributed by atoms with Crippen LogP contribution < -0.4 is 0 Å². The Morgan fingerprint density at radius 3 is 2.38 bits per heavy atom. The van der Waals surface area contributed by atoms with E-state index in [1.165, 1.54) is 19.1 Å². The fraction of sp³-hybridized carbons (Fsp3) is 0.133. The van der Waals surface area contributed by atoms with Crippen molar-refractivity contribution in [1.29, 1.82) is 0 Å². The molecule has 0 radical (unpaired) electrons. The lowest BCUT2D eigenvalue weighted by atomic mass is 9.99. The molecule has 0 bridgehead atoms. The van der Waals surface area contributed by atoms with E-state index in [4.69, 9.17) is 16.7 Å². The molecule has 110 valence electrons. The van der Waals surface area contributed by atoms with Crippen molar-refractivity contribution in [3.63, 3.8) is 0 Å². The van der Waals surface area contributed by atoms with Gasteiger partial charge >= 0.3 is 5.97 Å². The van der Waals surface area contributed by atoms with Crippen LogP contribution in [0.5, 0.6) is 0 Å². The van der Waals surface area contributed by atoms with Crippen LogP contribution in [0, 0.1) is 6.92 Å². The van der Waals surface area contributed by atoms with Gasteiger partial charge in [-0.05, 0) is 36.2 Å². The van der Waals surface area contributed by atoms with Gasteiger partial charge in [0, 0.05) is 16.8 Å². The van der Waals surface area contributed by atoms with Gasteiger partial charge in [-0.15, -0.1) is 0 Å². The monoisotopic (exact) mass is 324 g/mol. The molecule has 0 saturated carbocycles. The molecule has 0 heterocycles. The predicted octanol–water partition coefficient (Wildman–Crippen LogP) is 3.42. The van der Waals surface area contributed by atoms with Crippen LogP contribution in [-0.4, -0.2) is 25.7 Å². The van der Waals surface area contributed by atoms with E-state index in [9.17, 15) is 13.2 Å². The largest absolute Gasteiger partial charge is 0.478 e. The Labute approximate surface area is 127 Å². The van der Waals surface area contributed by atoms with Crippen molar-refractivity contribution in [2.75, 3.05) is 6.26 Å². The molecule has 21 heavy (non-hydrogen) atoms. The van der Waals surface area contributed by atoms with Crippen LogP contribution in [0.15, 0.2) is 41.3 Å². The summed E-state index contributed by atoms with van der Waals surface area (Å²) in [6.07, 6.45) is 1.06. The molecule has 0 aliphatic heterocycles. The highest BCUT2D eigenvalue weighted by atomic mass is 35.5. The Morgan fingerprint density at radius 2 is 1.86 bits per heavy atom. The maximum Gasteiger partial charge on any atom is 0.335 e. The Hall–Kier alpha value is -1.85. The number of carbonyl (C=O) groups is 1. The number of carboxylic acid groups (broad SMARTS) is 1. The zero-order valence-corrected chi connectivity index (χ0v) is 13.0. The number of hydrogen-bond acceptors (Lipinski definition) is 3. The molecule has 0 amide bonds. The fourth-order valence-corrected chi connectivity index (χ4v) is 3.73. The molecule has 2 aromatic rings. The lowest BCUT2D eigenvalue weighted by molar-refractivity contribution is 0.0696. The highest BCUT2D eigenvalue weighted by Crippen LogP contribution is 2.33. The first-order valence-electron chi connectivity index (χ1n) is 6.04. The lowest BCUT2D eigenvalue weighted by Gasteiger charge is -2.13. The van der Waals surface area contributed by atoms with E-state index in [1.54, 1.807) is 24.3 Å². The van der Waals surface area contributed by atoms with Crippen molar-refractivity contribution >= 4 is 27.4 Å². The number of aromatic carboxylic acids is 1. The molecule has 0 aromatic heterocycles. The average molecular weight is 325 g/mol. The van der Waals surface area contributed by atoms with E-state index in [2.05, 4.69) is 0 Å². The van der Waals surface area contributed by atoms with Crippen LogP contribution in [0.4, 0.5) is 0 Å². The minimum Gasteiger partial charge on any atom is -0.478 e. The van der Waals surface area contributed by atoms with E-state index in [0.717, 1.165) is 6.26 Å². The van der Waals surface area contributed by atoms with Gasteiger partial charge in [-0.3, -0.25) is 0 Å². The normalized spacial score (nSPS) is 11.4. The fourth-order valence-electron chi connectivity index (χ4n) is 2.28. The van der Waals surface area contributed by atoms with E-state index in [1.807, 2.05) is 0 Å². The summed E-state index contributed by atoms with van der Waals surface area (Å²) in [7, 11) is -3.59. The van der Waals surface area contributed by atoms with Crippen LogP contribution in [0.2, 0.25) is 5.02 Å². The van der Waals surface area contributed by atoms with Gasteiger partial charge in [0.2, 0.25) is 0 Å². The molecule has 0 unspecified atom stereocenters. The van der Waals surface area contributed by atoms with Gasteiger partial charge < -0.3 is 5.11 Å². The van der Waals surface area contributed by atoms with Crippen molar-refractivity contribution in [3.8, 4) is 11.1 Å². The molecule has 1 N–H and O–H groups in total. The summed E-state index contributed by atoms with van der Waals surface area (Å²) in [6.45, 7) is 1.49. The Bertz CT molecular complexity index is 826. The third-order valence-corrected chi connectivity index (χ3v) is 4.65. The molecule has 2 rings (SSSR count). The summed E-state index contributed by atoms with van der Waals surface area (Å²) >= 11 is 5.94. The topological polar surface area (TPSA) is 71.4 Å². The molecule has 4 nitrogen and oxygen atoms in total. The first-order chi connectivity index (χ1) is 9.71. The second kappa shape index (κ2) is 5.50. The number of hydrogen-bond donors (Lipinski definition) is 1. The van der Waals surface area contributed by atoms with E-state index in [0.29, 0.717) is 16.1 Å². The highest BCUT2D eigenvalue weighted by molar-refractivity contribution is 7.91. The quantitative estimate of drug-likeness (QED) is 0.939. The SMILES string of the molecule is Cc1c(C(=O)O)ccc(-c2cccc(Cl)c2)c1S(C)(=O)=O. The zero-order valence-electron chi connectivity index (χ0n) is 11.4. The van der Waals surface area contributed by atoms with Gasteiger partial charge in [-0.2, -0.15) is 0 Å². The Balaban J connectivity index is 2.85. The van der Waals surface area contributed by atoms with Gasteiger partial charge in [0.25, 0.3) is 0 Å². The van der Waals surface area contributed by atoms with Gasteiger partial charge in [-0.1, -0.05) is 29.8 Å². The Morgan fingerprint density at radius 1 is 1.19 bits per heavy atom. The van der Waals surface area contributed by atoms with Crippen molar-refractivity contribution in [2.24, 2.45) is 0 Å². The third-order valence-electron chi connectivity index (χ3n) is 3.14. The lowest BCUT2D eigenvalue weighted by Crippen LogP contribution is -2.08. The molecule has 0 fully saturated rings. The highest BCUT2D eigenvalue weighted by Gasteiger charge is 2.22. The number of benzene rings is 2. The molecule has 0 spiro atoms. The molecular weight excluding hydrogens is 312 g/mol. The van der Waals surface area contributed by atoms with Crippen LogP contribution in [0.1, 0.15) is 15.9 Å². The van der Waals surface area contributed by atoms with Gasteiger partial charge in [0.05, 0.1) is 10.5 Å². The van der Waals surface area contributed by atoms with Gasteiger partial charge in [-0.25, -0.2) is 13.2 Å². The molecule has 0 aliphatic rings. The van der Waals surface area contributed by atoms with E-state index in [-0.39, 0.29) is 16.0 Å². The molecule has 0 saturated heterocycles. The minimum atomic E-state index is -3.59. The summed E-state index contributed by atoms with van der Waals surface area (Å²) in [6, 6.07) is 9.68. The maximum atomic E-state index is 12.1. The van der Waals surface area contributed by atoms with Crippen molar-refractivity contribution < 1.29 is 18.3 Å². The predicted molar refractivity (Wildman–Crippen MR) is 81.7 cm³/mol. The number of sulfone groups is 1. The third kappa shape index (κ3) is 3.09. The summed E-state index contributed by atoms with van der Waals surface area (Å²) < 4.78 is 24.2. The average Bonchev–Trinajstić information content (AvgIpc) is 2.36. The summed E-state index contributed by atoms with van der Waals surface area (Å²) in [5.74, 6) is -1.16. The minimum absolute atomic E-state index is 0.0182. The van der Waals surface area contributed by atoms with Crippen LogP contribution in [0.3, 0.4) is 0 Å². The van der Waals surface area contributed by atoms with Crippen LogP contribution in [0.25, 0.3) is 11.1 Å². The van der Waals surface area contributed by atoms with Crippen LogP contribution in [-0.2, 0) is 9.84 Å². The zero-order chi connectivity index (χ0) is 15.8. The number of halogens is 1. The van der Waals surface area contributed by atoms with Gasteiger partial charge in [0.1, 0.15) is 0 Å². The summed E-state index contributed by atoms with van der Waals surface area (Å²) in [4.78, 5) is 11.2. The van der Waals surface area contributed by atoms with Crippen molar-refractivity contribution in [1.82, 2.24) is 0 Å². The molecule has 6 heteroatoms. The second-order valence-corrected chi connectivity index (χ2v) is 7.09. The molecular formula is C15H13ClO4S. The molecule has 0 aliphatic carbocycles. The first kappa shape index (κ1) is 15.5. The standard InChI is InChI=1S/C15H13ClO4S/c1-9-12(15(17)18)6-7-13(14(9)21(2,19)20)10-4-3-5-11(16)8-10/h3-8H,1-2H3,(H,17,18). The summed E-state index contributed by atoms with van der Waals surface area (Å²) in [5, 5.41) is 9.62. The molecule has 0 atom stereocenters. The van der Waals surface area contributed by atoms with Crippen molar-refractivity contribution in [2.45, 2.75) is 11.8 Å². The Kier molecular flexibility index (Phi) is 4.07. The number of carboxylic acids is 1. The maximum absolute atomic E-state index is 12.1. The van der Waals surface area contributed by atoms with E-state index >= 15 is 0 Å². The summed E-state index contributed by atoms with van der Waals surface area (Å²) in [5.41, 5.74) is 1.27. The van der Waals surface area contributed by atoms with Gasteiger partial charge in [0.15, 0.2) is 9.84 Å². The number of rotatable bonds is 3. The van der Waals surface area contributed by atoms with E-state index < -0.39 is 15.8 Å². The van der Waals surface area contributed by atoms with Crippen LogP contribution >= 0.6 is 11.6 Å². The smallest absolute Gasteiger partial charge is 0.335 e. The van der Waals surface area contributed by atoms with Crippen molar-refractivity contribution in [3.05, 3.63) is 52.5 Å².